The SMILES string of the molecule is Brc1cccc(C2NCCc3c2[nH]c2ccc(Br)cc32)c1.CCOC(=O)N1CCc2c([nH]c3ccc(Br)cc23)C1Cc1ccccc1.COc1ccc(C2NCCc3c2[nH]c2ccc(Br)cc32)cc1.Clc1ccc2[nH]c3c(c2c1)CCNC3c1ccc(OCc2ccccc2)cc1.Clc1ccc2[nH]c3c(c2c1)CCNC3c1ccccc1.Fc1ccc(C2NCCc3c2[nH]c2ccc(Cl)cc32)cc1F. The number of fused-ring (bicyclic) bond motifs is 18. The number of ether oxygens (including phenoxy) is 3. The first kappa shape index (κ1) is 95.0. The van der Waals surface area contributed by atoms with Gasteiger partial charge < -0.3 is 70.7 Å². The highest BCUT2D eigenvalue weighted by Gasteiger charge is 2.36. The van der Waals surface area contributed by atoms with Gasteiger partial charge in [-0.3, -0.25) is 4.90 Å². The van der Waals surface area contributed by atoms with Crippen LogP contribution < -0.4 is 36.1 Å². The van der Waals surface area contributed by atoms with E-state index in [1.165, 1.54) is 145 Å². The lowest BCUT2D eigenvalue weighted by Crippen LogP contribution is -2.41. The summed E-state index contributed by atoms with van der Waals surface area (Å²) in [6.45, 7) is 8.19. The van der Waals surface area contributed by atoms with Crippen LogP contribution in [-0.4, -0.2) is 93.9 Å². The first-order valence-corrected chi connectivity index (χ1v) is 51.3. The van der Waals surface area contributed by atoms with Crippen molar-refractivity contribution in [2.24, 2.45) is 0 Å². The van der Waals surface area contributed by atoms with Crippen molar-refractivity contribution in [1.82, 2.24) is 61.4 Å². The second kappa shape index (κ2) is 42.9. The number of methoxy groups -OCH3 is 1. The fourth-order valence-corrected chi connectivity index (χ4v) is 22.6. The predicted molar refractivity (Wildman–Crippen MR) is 573 cm³/mol. The third-order valence-corrected chi connectivity index (χ3v) is 29.7. The van der Waals surface area contributed by atoms with Crippen LogP contribution in [0.5, 0.6) is 11.5 Å². The van der Waals surface area contributed by atoms with Crippen molar-refractivity contribution in [2.75, 3.05) is 53.0 Å². The summed E-state index contributed by atoms with van der Waals surface area (Å²) < 4.78 is 47.6. The summed E-state index contributed by atoms with van der Waals surface area (Å²) in [7, 11) is 1.70. The second-order valence-corrected chi connectivity index (χ2v) is 40.5. The van der Waals surface area contributed by atoms with Crippen molar-refractivity contribution < 1.29 is 27.8 Å². The summed E-state index contributed by atoms with van der Waals surface area (Å²) in [5.41, 5.74) is 30.3. The minimum absolute atomic E-state index is 0.0497. The molecule has 0 spiro atoms. The fourth-order valence-electron chi connectivity index (χ4n) is 20.6. The molecule has 16 nitrogen and oxygen atoms in total. The molecule has 12 heterocycles. The molecule has 6 aromatic heterocycles. The van der Waals surface area contributed by atoms with Crippen molar-refractivity contribution in [3.63, 3.8) is 0 Å². The number of carbonyl (C=O) groups excluding carboxylic acids is 1. The van der Waals surface area contributed by atoms with Gasteiger partial charge in [-0.2, -0.15) is 0 Å². The number of rotatable bonds is 12. The zero-order valence-electron chi connectivity index (χ0n) is 76.3. The van der Waals surface area contributed by atoms with Gasteiger partial charge in [-0.25, -0.2) is 13.6 Å². The van der Waals surface area contributed by atoms with Crippen LogP contribution in [0.4, 0.5) is 13.6 Å². The smallest absolute Gasteiger partial charge is 0.410 e. The summed E-state index contributed by atoms with van der Waals surface area (Å²) >= 11 is 32.7. The van der Waals surface area contributed by atoms with Crippen molar-refractivity contribution >= 4 is 170 Å². The molecule has 19 aromatic rings. The lowest BCUT2D eigenvalue weighted by molar-refractivity contribution is 0.0857. The minimum atomic E-state index is -0.830. The first-order valence-electron chi connectivity index (χ1n) is 47.0. The molecule has 6 atom stereocenters. The number of aromatic nitrogens is 6. The molecule has 704 valence electrons. The number of nitrogens with one attached hydrogen (secondary N) is 11. The second-order valence-electron chi connectivity index (χ2n) is 35.5. The van der Waals surface area contributed by atoms with Gasteiger partial charge in [0.2, 0.25) is 0 Å². The number of halogens is 9. The Morgan fingerprint density at radius 2 is 0.683 bits per heavy atom. The monoisotopic (exact) mass is 2160 g/mol. The first-order chi connectivity index (χ1) is 67.9. The summed E-state index contributed by atoms with van der Waals surface area (Å²) in [6, 6.07) is 98.0. The van der Waals surface area contributed by atoms with E-state index in [-0.39, 0.29) is 42.3 Å². The van der Waals surface area contributed by atoms with Gasteiger partial charge in [0.15, 0.2) is 11.6 Å². The van der Waals surface area contributed by atoms with Gasteiger partial charge in [-0.15, -0.1) is 0 Å². The average Bonchev–Trinajstić information content (AvgIpc) is 1.64. The Labute approximate surface area is 853 Å². The molecule has 13 aromatic carbocycles. The van der Waals surface area contributed by atoms with Gasteiger partial charge in [0.1, 0.15) is 18.1 Å². The van der Waals surface area contributed by atoms with Gasteiger partial charge in [-0.05, 0) is 282 Å². The molecule has 0 saturated carbocycles. The van der Waals surface area contributed by atoms with Crippen LogP contribution >= 0.6 is 98.5 Å². The van der Waals surface area contributed by atoms with Crippen LogP contribution in [0.2, 0.25) is 15.1 Å². The Morgan fingerprint density at radius 1 is 0.345 bits per heavy atom. The Balaban J connectivity index is 0.000000103. The summed E-state index contributed by atoms with van der Waals surface area (Å²) in [4.78, 5) is 35.8. The largest absolute Gasteiger partial charge is 0.497 e. The number of nitrogens with zero attached hydrogens (tertiary/aromatic N) is 1. The standard InChI is InChI=1S/C24H21ClN2O.C21H21BrN2O2.C18H17BrN2O.C17H14Br2N2.C17H13ClF2N2.C17H15ClN2/c25-18-8-11-22-21(14-18)20-12-13-26-23(24(20)27-22)17-6-9-19(10-7-17)28-15-16-4-2-1-3-5-16;1-2-26-21(25)24-11-10-16-17-13-15(22)8-9-18(17)23-20(16)19(24)12-14-6-4-3-5-7-14;1-22-13-5-2-11(3-6-13)17-18-14(8-9-20-17)15-10-12(19)4-7-16(15)21-18;18-11-3-1-2-10(8-11)16-17-13(6-7-20-16)14-9-12(19)4-5-15(14)21-17;18-10-2-4-15-12(8-10)11-5-6-21-16(17(11)22-15)9-1-3-13(19)14(20)7-9;18-12-6-7-15-14(10-12)13-8-9-19-16(17(13)20-15)11-4-2-1-3-5-11/h1-11,14,23,26-27H,12-13,15H2;3-9,13,19,23H,2,10-12H2,1H3;2-7,10,17,20-21H,8-9H2,1H3;1-5,8-9,16,20-21H,6-7H2;1-4,7-8,16,21-22H,5-6H2;1-7,10,16,19-20H,8-9H2. The summed E-state index contributed by atoms with van der Waals surface area (Å²) in [6.07, 6.45) is 6.39. The third-order valence-electron chi connectivity index (χ3n) is 27.1. The van der Waals surface area contributed by atoms with Gasteiger partial charge >= 0.3 is 6.09 Å². The molecule has 0 radical (unpaired) electrons. The molecule has 11 N–H and O–H groups in total. The third kappa shape index (κ3) is 20.8. The maximum absolute atomic E-state index is 13.5. The number of carbonyl (C=O) groups is 1. The van der Waals surface area contributed by atoms with E-state index in [4.69, 9.17) is 49.0 Å². The van der Waals surface area contributed by atoms with Crippen molar-refractivity contribution in [1.29, 1.82) is 0 Å². The number of hydrogen-bond acceptors (Lipinski definition) is 9. The van der Waals surface area contributed by atoms with E-state index in [1.54, 1.807) is 13.2 Å². The number of benzene rings is 13. The van der Waals surface area contributed by atoms with Crippen LogP contribution in [0.15, 0.2) is 309 Å². The zero-order chi connectivity index (χ0) is 95.3. The lowest BCUT2D eigenvalue weighted by atomic mass is 9.93. The molecular weight excluding hydrogens is 2070 g/mol. The van der Waals surface area contributed by atoms with Crippen molar-refractivity contribution in [3.05, 3.63) is 442 Å². The molecule has 25 heteroatoms. The fraction of sp³-hybridized carbons (Fsp3) is 0.202. The Morgan fingerprint density at radius 3 is 1.09 bits per heavy atom. The normalized spacial score (nSPS) is 17.2. The number of H-pyrrole nitrogens is 6. The Hall–Kier alpha value is -11.6. The molecule has 1 amide bonds. The number of aromatic amines is 6. The van der Waals surface area contributed by atoms with Crippen molar-refractivity contribution in [2.45, 2.75) is 94.7 Å². The number of hydrogen-bond donors (Lipinski definition) is 11. The van der Waals surface area contributed by atoms with E-state index in [2.05, 4.69) is 296 Å². The molecule has 0 bridgehead atoms. The number of amides is 1. The van der Waals surface area contributed by atoms with Crippen LogP contribution in [-0.2, 0) is 56.3 Å². The maximum Gasteiger partial charge on any atom is 0.410 e. The van der Waals surface area contributed by atoms with Crippen LogP contribution in [0.1, 0.15) is 150 Å². The summed E-state index contributed by atoms with van der Waals surface area (Å²) in [5, 5.41) is 27.6. The quantitative estimate of drug-likeness (QED) is 0.0563. The van der Waals surface area contributed by atoms with E-state index in [0.717, 1.165) is 150 Å². The van der Waals surface area contributed by atoms with E-state index < -0.39 is 11.6 Å². The average molecular weight is 2170 g/mol. The summed E-state index contributed by atoms with van der Waals surface area (Å²) in [5.74, 6) is 0.112. The molecule has 6 aliphatic heterocycles. The molecule has 6 aliphatic rings. The molecule has 6 unspecified atom stereocenters. The molecule has 0 aliphatic carbocycles. The highest BCUT2D eigenvalue weighted by Crippen LogP contribution is 2.44. The van der Waals surface area contributed by atoms with Gasteiger partial charge in [0.05, 0.1) is 50.0 Å². The van der Waals surface area contributed by atoms with Gasteiger partial charge in [0.25, 0.3) is 0 Å². The van der Waals surface area contributed by atoms with Crippen LogP contribution in [0.3, 0.4) is 0 Å². The Bertz CT molecular complexity index is 7650. The van der Waals surface area contributed by atoms with E-state index >= 15 is 0 Å². The molecular formula is C114H101Br4Cl3F2N12O4. The molecule has 0 fully saturated rings. The predicted octanol–water partition coefficient (Wildman–Crippen LogP) is 28.4. The van der Waals surface area contributed by atoms with Gasteiger partial charge in [0, 0.05) is 172 Å². The van der Waals surface area contributed by atoms with Crippen LogP contribution in [0.25, 0.3) is 65.4 Å². The highest BCUT2D eigenvalue weighted by molar-refractivity contribution is 9.11. The van der Waals surface area contributed by atoms with E-state index in [9.17, 15) is 13.6 Å². The molecule has 25 rings (SSSR count). The molecule has 0 saturated heterocycles. The topological polar surface area (TPSA) is 203 Å². The minimum Gasteiger partial charge on any atom is -0.497 e. The maximum atomic E-state index is 13.5. The van der Waals surface area contributed by atoms with Crippen LogP contribution in [0, 0.1) is 11.6 Å². The van der Waals surface area contributed by atoms with E-state index in [1.807, 2.05) is 109 Å². The highest BCUT2D eigenvalue weighted by atomic mass is 79.9. The Kier molecular flexibility index (Phi) is 29.3. The van der Waals surface area contributed by atoms with E-state index in [0.29, 0.717) is 30.3 Å². The zero-order valence-corrected chi connectivity index (χ0v) is 84.9. The molecule has 139 heavy (non-hydrogen) atoms. The lowest BCUT2D eigenvalue weighted by Gasteiger charge is -2.35. The van der Waals surface area contributed by atoms with Gasteiger partial charge in [-0.1, -0.05) is 232 Å². The van der Waals surface area contributed by atoms with Crippen molar-refractivity contribution in [3.8, 4) is 11.5 Å².